The van der Waals surface area contributed by atoms with Crippen LogP contribution in [0.25, 0.3) is 0 Å². The zero-order chi connectivity index (χ0) is 13.5. The van der Waals surface area contributed by atoms with Crippen LogP contribution in [0.1, 0.15) is 0 Å². The molecule has 0 saturated carbocycles. The lowest BCUT2D eigenvalue weighted by molar-refractivity contribution is -0.116. The smallest absolute Gasteiger partial charge is 0.320 e. The second kappa shape index (κ2) is 6.75. The van der Waals surface area contributed by atoms with Gasteiger partial charge in [-0.3, -0.25) is 4.79 Å². The van der Waals surface area contributed by atoms with Crippen molar-refractivity contribution in [2.24, 2.45) is 0 Å². The Hall–Kier alpha value is -1.89. The quantitative estimate of drug-likeness (QED) is 0.817. The summed E-state index contributed by atoms with van der Waals surface area (Å²) >= 11 is 1.33. The first-order chi connectivity index (χ1) is 8.54. The van der Waals surface area contributed by atoms with Crippen LogP contribution in [0.4, 0.5) is 9.93 Å². The summed E-state index contributed by atoms with van der Waals surface area (Å²) in [7, 11) is 3.27. The molecule has 6 nitrogen and oxygen atoms in total. The van der Waals surface area contributed by atoms with Gasteiger partial charge in [0, 0.05) is 32.2 Å². The normalized spacial score (nSPS) is 9.67. The Morgan fingerprint density at radius 3 is 2.78 bits per heavy atom. The molecule has 1 N–H and O–H groups in total. The molecule has 1 rings (SSSR count). The molecule has 0 radical (unpaired) electrons. The Labute approximate surface area is 110 Å². The number of hydrogen-bond donors (Lipinski definition) is 1. The third-order valence-electron chi connectivity index (χ3n) is 2.02. The minimum atomic E-state index is -0.276. The van der Waals surface area contributed by atoms with E-state index in [1.165, 1.54) is 21.1 Å². The molecule has 3 amide bonds. The van der Waals surface area contributed by atoms with E-state index < -0.39 is 0 Å². The number of amides is 3. The number of nitrogens with zero attached hydrogens (tertiary/aromatic N) is 3. The number of rotatable bonds is 5. The first kappa shape index (κ1) is 14.2. The molecule has 98 valence electrons. The maximum atomic E-state index is 11.8. The molecular formula is C11H16N4O2S. The maximum Gasteiger partial charge on any atom is 0.320 e. The predicted octanol–water partition coefficient (Wildman–Crippen LogP) is 1.25. The molecule has 0 fully saturated rings. The summed E-state index contributed by atoms with van der Waals surface area (Å²) in [6.07, 6.45) is 3.19. The van der Waals surface area contributed by atoms with Crippen molar-refractivity contribution >= 4 is 28.4 Å². The number of thiazole rings is 1. The molecule has 0 bridgehead atoms. The molecule has 0 aliphatic carbocycles. The highest BCUT2D eigenvalue weighted by molar-refractivity contribution is 7.13. The fourth-order valence-electron chi connectivity index (χ4n) is 1.27. The first-order valence-corrected chi connectivity index (χ1v) is 6.19. The third kappa shape index (κ3) is 4.17. The minimum absolute atomic E-state index is 0.0252. The van der Waals surface area contributed by atoms with Gasteiger partial charge >= 0.3 is 6.03 Å². The van der Waals surface area contributed by atoms with Crippen LogP contribution in [0.2, 0.25) is 0 Å². The second-order valence-corrected chi connectivity index (χ2v) is 4.63. The topological polar surface area (TPSA) is 65.5 Å². The van der Waals surface area contributed by atoms with Crippen molar-refractivity contribution in [2.75, 3.05) is 32.5 Å². The van der Waals surface area contributed by atoms with Gasteiger partial charge in [-0.15, -0.1) is 17.9 Å². The summed E-state index contributed by atoms with van der Waals surface area (Å²) in [5.41, 5.74) is 0. The van der Waals surface area contributed by atoms with Crippen molar-refractivity contribution in [2.45, 2.75) is 0 Å². The molecule has 0 atom stereocenters. The molecular weight excluding hydrogens is 252 g/mol. The van der Waals surface area contributed by atoms with Gasteiger partial charge < -0.3 is 15.1 Å². The average molecular weight is 268 g/mol. The van der Waals surface area contributed by atoms with Crippen molar-refractivity contribution in [3.8, 4) is 0 Å². The van der Waals surface area contributed by atoms with Crippen LogP contribution in [-0.4, -0.2) is 53.9 Å². The highest BCUT2D eigenvalue weighted by atomic mass is 32.1. The highest BCUT2D eigenvalue weighted by Crippen LogP contribution is 2.10. The first-order valence-electron chi connectivity index (χ1n) is 5.31. The summed E-state index contributed by atoms with van der Waals surface area (Å²) in [6, 6.07) is -0.232. The summed E-state index contributed by atoms with van der Waals surface area (Å²) in [4.78, 5) is 30.3. The Morgan fingerprint density at radius 2 is 2.28 bits per heavy atom. The predicted molar refractivity (Wildman–Crippen MR) is 71.6 cm³/mol. The third-order valence-corrected chi connectivity index (χ3v) is 2.70. The van der Waals surface area contributed by atoms with Gasteiger partial charge in [-0.1, -0.05) is 6.08 Å². The van der Waals surface area contributed by atoms with Crippen LogP contribution in [-0.2, 0) is 4.79 Å². The lowest BCUT2D eigenvalue weighted by Crippen LogP contribution is -2.43. The molecule has 0 aliphatic rings. The maximum absolute atomic E-state index is 11.8. The van der Waals surface area contributed by atoms with E-state index in [9.17, 15) is 9.59 Å². The summed E-state index contributed by atoms with van der Waals surface area (Å²) < 4.78 is 0. The Bertz CT molecular complexity index is 417. The number of aromatic nitrogens is 1. The largest absolute Gasteiger partial charge is 0.331 e. The SMILES string of the molecule is C=CCN(CC(=O)Nc1nccs1)C(=O)N(C)C. The van der Waals surface area contributed by atoms with Crippen molar-refractivity contribution < 1.29 is 9.59 Å². The van der Waals surface area contributed by atoms with Crippen LogP contribution < -0.4 is 5.32 Å². The van der Waals surface area contributed by atoms with Gasteiger partial charge in [0.2, 0.25) is 5.91 Å². The molecule has 1 aromatic heterocycles. The molecule has 0 unspecified atom stereocenters. The van der Waals surface area contributed by atoms with Gasteiger partial charge in [-0.2, -0.15) is 0 Å². The molecule has 0 aromatic carbocycles. The van der Waals surface area contributed by atoms with Gasteiger partial charge in [0.1, 0.15) is 6.54 Å². The second-order valence-electron chi connectivity index (χ2n) is 3.73. The number of carbonyl (C=O) groups is 2. The molecule has 0 spiro atoms. The van der Waals surface area contributed by atoms with Gasteiger partial charge in [0.25, 0.3) is 0 Å². The number of hydrogen-bond acceptors (Lipinski definition) is 4. The number of urea groups is 1. The van der Waals surface area contributed by atoms with Crippen LogP contribution in [0.5, 0.6) is 0 Å². The van der Waals surface area contributed by atoms with Gasteiger partial charge in [0.15, 0.2) is 5.13 Å². The van der Waals surface area contributed by atoms with Crippen LogP contribution in [0, 0.1) is 0 Å². The van der Waals surface area contributed by atoms with Crippen molar-refractivity contribution in [3.63, 3.8) is 0 Å². The Balaban J connectivity index is 2.57. The Kier molecular flexibility index (Phi) is 5.31. The average Bonchev–Trinajstić information content (AvgIpc) is 2.80. The van der Waals surface area contributed by atoms with Crippen molar-refractivity contribution in [1.29, 1.82) is 0 Å². The molecule has 0 aliphatic heterocycles. The number of carbonyl (C=O) groups excluding carboxylic acids is 2. The van der Waals surface area contributed by atoms with E-state index in [2.05, 4.69) is 16.9 Å². The minimum Gasteiger partial charge on any atom is -0.331 e. The number of nitrogens with one attached hydrogen (secondary N) is 1. The molecule has 1 heterocycles. The Morgan fingerprint density at radius 1 is 1.56 bits per heavy atom. The summed E-state index contributed by atoms with van der Waals surface area (Å²) in [6.45, 7) is 3.87. The fraction of sp³-hybridized carbons (Fsp3) is 0.364. The van der Waals surface area contributed by atoms with E-state index in [4.69, 9.17) is 0 Å². The van der Waals surface area contributed by atoms with Gasteiger partial charge in [-0.25, -0.2) is 9.78 Å². The highest BCUT2D eigenvalue weighted by Gasteiger charge is 2.17. The van der Waals surface area contributed by atoms with E-state index in [0.29, 0.717) is 11.7 Å². The zero-order valence-electron chi connectivity index (χ0n) is 10.4. The van der Waals surface area contributed by atoms with Crippen LogP contribution >= 0.6 is 11.3 Å². The van der Waals surface area contributed by atoms with E-state index in [-0.39, 0.29) is 18.5 Å². The van der Waals surface area contributed by atoms with Crippen LogP contribution in [0.3, 0.4) is 0 Å². The monoisotopic (exact) mass is 268 g/mol. The van der Waals surface area contributed by atoms with Crippen LogP contribution in [0.15, 0.2) is 24.2 Å². The summed E-state index contributed by atoms with van der Waals surface area (Å²) in [5.74, 6) is -0.276. The molecule has 18 heavy (non-hydrogen) atoms. The summed E-state index contributed by atoms with van der Waals surface area (Å²) in [5, 5.41) is 4.92. The fourth-order valence-corrected chi connectivity index (χ4v) is 1.81. The lowest BCUT2D eigenvalue weighted by Gasteiger charge is -2.24. The van der Waals surface area contributed by atoms with E-state index >= 15 is 0 Å². The zero-order valence-corrected chi connectivity index (χ0v) is 11.2. The molecule has 1 aromatic rings. The standard InChI is InChI=1S/C11H16N4O2S/c1-4-6-15(11(17)14(2)3)8-9(16)13-10-12-5-7-18-10/h4-5,7H,1,6,8H2,2-3H3,(H,12,13,16). The van der Waals surface area contributed by atoms with Gasteiger partial charge in [-0.05, 0) is 0 Å². The molecule has 7 heteroatoms. The van der Waals surface area contributed by atoms with Crippen molar-refractivity contribution in [3.05, 3.63) is 24.2 Å². The number of anilines is 1. The van der Waals surface area contributed by atoms with E-state index in [1.54, 1.807) is 31.7 Å². The molecule has 0 saturated heterocycles. The van der Waals surface area contributed by atoms with Crippen molar-refractivity contribution in [1.82, 2.24) is 14.8 Å². The van der Waals surface area contributed by atoms with E-state index in [1.807, 2.05) is 0 Å². The lowest BCUT2D eigenvalue weighted by atomic mass is 10.4. The van der Waals surface area contributed by atoms with Gasteiger partial charge in [0.05, 0.1) is 0 Å². The van der Waals surface area contributed by atoms with E-state index in [0.717, 1.165) is 0 Å².